The fourth-order valence-corrected chi connectivity index (χ4v) is 2.69. The minimum absolute atomic E-state index is 0.357. The molecule has 0 unspecified atom stereocenters. The lowest BCUT2D eigenvalue weighted by Crippen LogP contribution is -2.16. The Kier molecular flexibility index (Phi) is 3.74. The van der Waals surface area contributed by atoms with Gasteiger partial charge in [-0.15, -0.1) is 0 Å². The lowest BCUT2D eigenvalue weighted by molar-refractivity contribution is -0.135. The fraction of sp³-hybridized carbons (Fsp3) is 0.158. The summed E-state index contributed by atoms with van der Waals surface area (Å²) >= 11 is 0. The van der Waals surface area contributed by atoms with Gasteiger partial charge in [0.2, 0.25) is 0 Å². The lowest BCUT2D eigenvalue weighted by Gasteiger charge is -2.06. The zero-order chi connectivity index (χ0) is 16.6. The number of Topliss-reactive ketones (excluding diaryl/α,β-unsaturated/α-hetero) is 1. The largest absolute Gasteiger partial charge is 0.463 e. The Morgan fingerprint density at radius 2 is 1.74 bits per heavy atom. The van der Waals surface area contributed by atoms with E-state index in [-0.39, 0.29) is 0 Å². The number of ether oxygens (including phenoxy) is 1. The van der Waals surface area contributed by atoms with E-state index in [1.807, 2.05) is 56.3 Å². The van der Waals surface area contributed by atoms with Gasteiger partial charge in [-0.3, -0.25) is 4.79 Å². The molecule has 2 aromatic carbocycles. The maximum atomic E-state index is 12.5. The first-order valence-corrected chi connectivity index (χ1v) is 7.34. The Labute approximate surface area is 134 Å². The number of methoxy groups -OCH3 is 1. The van der Waals surface area contributed by atoms with Crippen LogP contribution < -0.4 is 0 Å². The summed E-state index contributed by atoms with van der Waals surface area (Å²) in [6.07, 6.45) is 0. The number of H-pyrrole nitrogens is 1. The molecular weight excluding hydrogens is 290 g/mol. The van der Waals surface area contributed by atoms with E-state index in [0.29, 0.717) is 11.3 Å². The molecule has 0 amide bonds. The van der Waals surface area contributed by atoms with E-state index in [4.69, 9.17) is 0 Å². The van der Waals surface area contributed by atoms with Crippen molar-refractivity contribution in [2.75, 3.05) is 7.11 Å². The summed E-state index contributed by atoms with van der Waals surface area (Å²) in [6, 6.07) is 13.4. The monoisotopic (exact) mass is 307 g/mol. The molecule has 0 aliphatic heterocycles. The van der Waals surface area contributed by atoms with Crippen molar-refractivity contribution >= 4 is 22.7 Å². The number of nitrogens with one attached hydrogen (secondary N) is 1. The van der Waals surface area contributed by atoms with Gasteiger partial charge in [0.15, 0.2) is 0 Å². The molecule has 116 valence electrons. The number of para-hydroxylation sites is 1. The summed E-state index contributed by atoms with van der Waals surface area (Å²) in [5.74, 6) is -1.50. The van der Waals surface area contributed by atoms with Gasteiger partial charge in [0.1, 0.15) is 0 Å². The van der Waals surface area contributed by atoms with Crippen LogP contribution in [0.15, 0.2) is 42.5 Å². The number of carbonyl (C=O) groups is 2. The molecule has 4 heteroatoms. The van der Waals surface area contributed by atoms with Crippen LogP contribution in [0.5, 0.6) is 0 Å². The number of aromatic nitrogens is 1. The number of carbonyl (C=O) groups excluding carboxylic acids is 2. The van der Waals surface area contributed by atoms with Crippen molar-refractivity contribution in [2.45, 2.75) is 13.8 Å². The Morgan fingerprint density at radius 3 is 2.43 bits per heavy atom. The molecule has 0 atom stereocenters. The van der Waals surface area contributed by atoms with Crippen LogP contribution in [0.4, 0.5) is 0 Å². The predicted molar refractivity (Wildman–Crippen MR) is 89.6 cm³/mol. The maximum absolute atomic E-state index is 12.5. The average Bonchev–Trinajstić information content (AvgIpc) is 2.95. The summed E-state index contributed by atoms with van der Waals surface area (Å²) in [6.45, 7) is 4.05. The maximum Gasteiger partial charge on any atom is 0.379 e. The highest BCUT2D eigenvalue weighted by Gasteiger charge is 2.25. The topological polar surface area (TPSA) is 59.2 Å². The third-order valence-corrected chi connectivity index (χ3v) is 4.10. The van der Waals surface area contributed by atoms with Crippen LogP contribution in [-0.4, -0.2) is 23.8 Å². The van der Waals surface area contributed by atoms with Gasteiger partial charge in [-0.1, -0.05) is 30.3 Å². The average molecular weight is 307 g/mol. The number of ketones is 1. The van der Waals surface area contributed by atoms with Crippen molar-refractivity contribution in [3.63, 3.8) is 0 Å². The SMILES string of the molecule is COC(=O)C(=O)c1c(-c2ccc(C)c(C)c2)[nH]c2ccccc12. The van der Waals surface area contributed by atoms with E-state index in [0.717, 1.165) is 22.0 Å². The van der Waals surface area contributed by atoms with Gasteiger partial charge in [0, 0.05) is 10.9 Å². The first-order chi connectivity index (χ1) is 11.0. The normalized spacial score (nSPS) is 10.7. The molecule has 1 N–H and O–H groups in total. The van der Waals surface area contributed by atoms with Crippen LogP contribution in [-0.2, 0) is 9.53 Å². The minimum Gasteiger partial charge on any atom is -0.463 e. The molecule has 0 fully saturated rings. The van der Waals surface area contributed by atoms with Crippen LogP contribution in [0.1, 0.15) is 21.5 Å². The standard InChI is InChI=1S/C19H17NO3/c1-11-8-9-13(10-12(11)2)17-16(18(21)19(22)23-3)14-6-4-5-7-15(14)20-17/h4-10,20H,1-3H3. The van der Waals surface area contributed by atoms with E-state index in [1.54, 1.807) is 0 Å². The van der Waals surface area contributed by atoms with Crippen molar-refractivity contribution in [2.24, 2.45) is 0 Å². The molecule has 0 aliphatic rings. The molecule has 3 rings (SSSR count). The van der Waals surface area contributed by atoms with Crippen LogP contribution in [0.25, 0.3) is 22.2 Å². The van der Waals surface area contributed by atoms with Gasteiger partial charge < -0.3 is 9.72 Å². The highest BCUT2D eigenvalue weighted by atomic mass is 16.5. The zero-order valence-corrected chi connectivity index (χ0v) is 13.3. The molecule has 4 nitrogen and oxygen atoms in total. The molecule has 1 heterocycles. The molecule has 23 heavy (non-hydrogen) atoms. The number of benzene rings is 2. The molecule has 3 aromatic rings. The molecule has 1 aromatic heterocycles. The van der Waals surface area contributed by atoms with Crippen LogP contribution in [0.3, 0.4) is 0 Å². The molecule has 0 spiro atoms. The highest BCUT2D eigenvalue weighted by molar-refractivity contribution is 6.44. The number of hydrogen-bond donors (Lipinski definition) is 1. The van der Waals surface area contributed by atoms with Crippen molar-refractivity contribution in [1.82, 2.24) is 4.98 Å². The first-order valence-electron chi connectivity index (χ1n) is 7.34. The zero-order valence-electron chi connectivity index (χ0n) is 13.3. The number of fused-ring (bicyclic) bond motifs is 1. The van der Waals surface area contributed by atoms with E-state index in [9.17, 15) is 9.59 Å². The number of aryl methyl sites for hydroxylation is 2. The smallest absolute Gasteiger partial charge is 0.379 e. The number of rotatable bonds is 3. The van der Waals surface area contributed by atoms with Crippen LogP contribution in [0, 0.1) is 13.8 Å². The van der Waals surface area contributed by atoms with Crippen molar-refractivity contribution in [1.29, 1.82) is 0 Å². The van der Waals surface area contributed by atoms with E-state index in [1.165, 1.54) is 12.7 Å². The van der Waals surface area contributed by atoms with E-state index in [2.05, 4.69) is 9.72 Å². The third kappa shape index (κ3) is 2.52. The van der Waals surface area contributed by atoms with Gasteiger partial charge >= 0.3 is 5.97 Å². The van der Waals surface area contributed by atoms with Gasteiger partial charge in [0.05, 0.1) is 18.4 Å². The summed E-state index contributed by atoms with van der Waals surface area (Å²) in [5.41, 5.74) is 4.98. The molecule has 0 saturated heterocycles. The second-order valence-corrected chi connectivity index (χ2v) is 5.54. The molecule has 0 radical (unpaired) electrons. The first kappa shape index (κ1) is 15.0. The van der Waals surface area contributed by atoms with Gasteiger partial charge in [-0.05, 0) is 42.7 Å². The second kappa shape index (κ2) is 5.72. The van der Waals surface area contributed by atoms with Crippen molar-refractivity contribution in [3.05, 3.63) is 59.2 Å². The van der Waals surface area contributed by atoms with Crippen molar-refractivity contribution < 1.29 is 14.3 Å². The minimum atomic E-state index is -0.861. The van der Waals surface area contributed by atoms with Gasteiger partial charge in [-0.2, -0.15) is 0 Å². The van der Waals surface area contributed by atoms with Gasteiger partial charge in [-0.25, -0.2) is 4.79 Å². The van der Waals surface area contributed by atoms with E-state index >= 15 is 0 Å². The fourth-order valence-electron chi connectivity index (χ4n) is 2.69. The second-order valence-electron chi connectivity index (χ2n) is 5.54. The number of esters is 1. The Balaban J connectivity index is 2.29. The summed E-state index contributed by atoms with van der Waals surface area (Å²) in [5, 5.41) is 0.719. The van der Waals surface area contributed by atoms with Crippen molar-refractivity contribution in [3.8, 4) is 11.3 Å². The number of hydrogen-bond acceptors (Lipinski definition) is 3. The highest BCUT2D eigenvalue weighted by Crippen LogP contribution is 2.31. The molecular formula is C19H17NO3. The number of aromatic amines is 1. The van der Waals surface area contributed by atoms with Gasteiger partial charge in [0.25, 0.3) is 5.78 Å². The quantitative estimate of drug-likeness (QED) is 0.455. The molecule has 0 bridgehead atoms. The predicted octanol–water partition coefficient (Wildman–Crippen LogP) is 3.81. The summed E-state index contributed by atoms with van der Waals surface area (Å²) in [4.78, 5) is 27.5. The Hall–Kier alpha value is -2.88. The summed E-state index contributed by atoms with van der Waals surface area (Å²) < 4.78 is 4.62. The lowest BCUT2D eigenvalue weighted by atomic mass is 9.99. The van der Waals surface area contributed by atoms with Crippen LogP contribution >= 0.6 is 0 Å². The van der Waals surface area contributed by atoms with Crippen LogP contribution in [0.2, 0.25) is 0 Å². The molecule has 0 saturated carbocycles. The molecule has 0 aliphatic carbocycles. The Bertz CT molecular complexity index is 922. The summed E-state index contributed by atoms with van der Waals surface area (Å²) in [7, 11) is 1.21. The Morgan fingerprint density at radius 1 is 1.00 bits per heavy atom. The third-order valence-electron chi connectivity index (χ3n) is 4.10. The van der Waals surface area contributed by atoms with E-state index < -0.39 is 11.8 Å².